The molecule has 0 amide bonds. The van der Waals surface area contributed by atoms with E-state index in [4.69, 9.17) is 9.73 Å². The van der Waals surface area contributed by atoms with Gasteiger partial charge in [-0.1, -0.05) is 18.2 Å². The van der Waals surface area contributed by atoms with Crippen molar-refractivity contribution >= 4 is 11.6 Å². The highest BCUT2D eigenvalue weighted by Crippen LogP contribution is 2.16. The maximum Gasteiger partial charge on any atom is 0.191 e. The molecule has 30 heavy (non-hydrogen) atoms. The highest BCUT2D eigenvalue weighted by molar-refractivity contribution is 5.79. The monoisotopic (exact) mass is 416 g/mol. The molecule has 1 aromatic rings. The number of nitrogens with zero attached hydrogens (tertiary/aromatic N) is 4. The number of nitrogens with one attached hydrogen (secondary N) is 2. The first-order valence-electron chi connectivity index (χ1n) is 11.6. The SMILES string of the molecule is CCNC(=NCC(C)N1CCN(c2ccccc2)CC1)NCCCN1CCOCC1. The lowest BCUT2D eigenvalue weighted by atomic mass is 10.2. The predicted octanol–water partition coefficient (Wildman–Crippen LogP) is 1.47. The topological polar surface area (TPSA) is 55.4 Å². The van der Waals surface area contributed by atoms with Gasteiger partial charge in [0.25, 0.3) is 0 Å². The van der Waals surface area contributed by atoms with E-state index in [0.717, 1.165) is 91.0 Å². The summed E-state index contributed by atoms with van der Waals surface area (Å²) in [6, 6.07) is 11.2. The molecule has 1 unspecified atom stereocenters. The average Bonchev–Trinajstić information content (AvgIpc) is 2.81. The number of hydrogen-bond acceptors (Lipinski definition) is 5. The molecule has 1 atom stereocenters. The van der Waals surface area contributed by atoms with Gasteiger partial charge in [-0.2, -0.15) is 0 Å². The van der Waals surface area contributed by atoms with E-state index < -0.39 is 0 Å². The highest BCUT2D eigenvalue weighted by atomic mass is 16.5. The summed E-state index contributed by atoms with van der Waals surface area (Å²) in [5, 5.41) is 6.89. The molecule has 7 nitrogen and oxygen atoms in total. The normalized spacial score (nSPS) is 20.2. The van der Waals surface area contributed by atoms with Crippen molar-refractivity contribution in [1.82, 2.24) is 20.4 Å². The zero-order valence-corrected chi connectivity index (χ0v) is 18.9. The lowest BCUT2D eigenvalue weighted by molar-refractivity contribution is 0.0376. The fourth-order valence-electron chi connectivity index (χ4n) is 4.07. The van der Waals surface area contributed by atoms with Gasteiger partial charge in [0.15, 0.2) is 5.96 Å². The fourth-order valence-corrected chi connectivity index (χ4v) is 4.07. The average molecular weight is 417 g/mol. The molecule has 3 rings (SSSR count). The molecule has 0 aliphatic carbocycles. The lowest BCUT2D eigenvalue weighted by Gasteiger charge is -2.38. The number of hydrogen-bond donors (Lipinski definition) is 2. The van der Waals surface area contributed by atoms with Gasteiger partial charge in [-0.3, -0.25) is 14.8 Å². The summed E-state index contributed by atoms with van der Waals surface area (Å²) in [6.45, 7) is 16.4. The van der Waals surface area contributed by atoms with Crippen LogP contribution in [0.2, 0.25) is 0 Å². The summed E-state index contributed by atoms with van der Waals surface area (Å²) in [4.78, 5) is 12.4. The molecule has 7 heteroatoms. The van der Waals surface area contributed by atoms with Crippen molar-refractivity contribution in [3.8, 4) is 0 Å². The molecule has 0 aromatic heterocycles. The van der Waals surface area contributed by atoms with Crippen LogP contribution in [0.4, 0.5) is 5.69 Å². The number of morpholine rings is 1. The number of ether oxygens (including phenoxy) is 1. The third kappa shape index (κ3) is 7.45. The Morgan fingerprint density at radius 1 is 1.03 bits per heavy atom. The second-order valence-electron chi connectivity index (χ2n) is 8.16. The summed E-state index contributed by atoms with van der Waals surface area (Å²) < 4.78 is 5.42. The number of aliphatic imine (C=N–C) groups is 1. The van der Waals surface area contributed by atoms with Crippen molar-refractivity contribution in [2.24, 2.45) is 4.99 Å². The molecule has 0 radical (unpaired) electrons. The van der Waals surface area contributed by atoms with E-state index in [2.05, 4.69) is 69.5 Å². The Hall–Kier alpha value is -1.83. The van der Waals surface area contributed by atoms with Crippen LogP contribution in [0, 0.1) is 0 Å². The Morgan fingerprint density at radius 2 is 1.77 bits per heavy atom. The van der Waals surface area contributed by atoms with Crippen molar-refractivity contribution in [1.29, 1.82) is 0 Å². The van der Waals surface area contributed by atoms with Crippen LogP contribution < -0.4 is 15.5 Å². The Bertz CT molecular complexity index is 611. The van der Waals surface area contributed by atoms with Crippen molar-refractivity contribution in [2.75, 3.05) is 83.6 Å². The Morgan fingerprint density at radius 3 is 2.47 bits per heavy atom. The van der Waals surface area contributed by atoms with Gasteiger partial charge in [0.2, 0.25) is 0 Å². The van der Waals surface area contributed by atoms with Gasteiger partial charge in [0.05, 0.1) is 19.8 Å². The van der Waals surface area contributed by atoms with Crippen molar-refractivity contribution < 1.29 is 4.74 Å². The summed E-state index contributed by atoms with van der Waals surface area (Å²) in [7, 11) is 0. The van der Waals surface area contributed by atoms with Crippen LogP contribution >= 0.6 is 0 Å². The van der Waals surface area contributed by atoms with E-state index in [1.165, 1.54) is 5.69 Å². The number of piperazine rings is 1. The second kappa shape index (κ2) is 12.8. The molecule has 2 aliphatic rings. The molecule has 2 aliphatic heterocycles. The van der Waals surface area contributed by atoms with Crippen LogP contribution in [0.5, 0.6) is 0 Å². The van der Waals surface area contributed by atoms with Crippen LogP contribution in [0.25, 0.3) is 0 Å². The first kappa shape index (κ1) is 22.8. The van der Waals surface area contributed by atoms with E-state index >= 15 is 0 Å². The third-order valence-electron chi connectivity index (χ3n) is 5.96. The van der Waals surface area contributed by atoms with Gasteiger partial charge >= 0.3 is 0 Å². The summed E-state index contributed by atoms with van der Waals surface area (Å²) in [5.41, 5.74) is 1.33. The number of benzene rings is 1. The Balaban J connectivity index is 1.37. The quantitative estimate of drug-likeness (QED) is 0.361. The molecule has 2 fully saturated rings. The molecule has 1 aromatic carbocycles. The number of anilines is 1. The predicted molar refractivity (Wildman–Crippen MR) is 126 cm³/mol. The van der Waals surface area contributed by atoms with Crippen LogP contribution in [0.3, 0.4) is 0 Å². The minimum Gasteiger partial charge on any atom is -0.379 e. The molecule has 0 bridgehead atoms. The molecule has 2 heterocycles. The van der Waals surface area contributed by atoms with Crippen LogP contribution in [-0.4, -0.2) is 100 Å². The summed E-state index contributed by atoms with van der Waals surface area (Å²) in [6.07, 6.45) is 1.13. The number of para-hydroxylation sites is 1. The molecule has 2 saturated heterocycles. The van der Waals surface area contributed by atoms with Crippen LogP contribution in [0.1, 0.15) is 20.3 Å². The molecule has 0 spiro atoms. The molecular formula is C23H40N6O. The minimum absolute atomic E-state index is 0.451. The first-order valence-corrected chi connectivity index (χ1v) is 11.6. The van der Waals surface area contributed by atoms with Gasteiger partial charge in [-0.05, 0) is 38.9 Å². The summed E-state index contributed by atoms with van der Waals surface area (Å²) >= 11 is 0. The van der Waals surface area contributed by atoms with E-state index in [1.54, 1.807) is 0 Å². The maximum absolute atomic E-state index is 5.42. The fraction of sp³-hybridized carbons (Fsp3) is 0.696. The van der Waals surface area contributed by atoms with Gasteiger partial charge < -0.3 is 20.3 Å². The number of guanidine groups is 1. The van der Waals surface area contributed by atoms with Crippen molar-refractivity contribution in [3.63, 3.8) is 0 Å². The maximum atomic E-state index is 5.42. The largest absolute Gasteiger partial charge is 0.379 e. The Labute approximate surface area is 182 Å². The number of rotatable bonds is 9. The minimum atomic E-state index is 0.451. The molecule has 0 saturated carbocycles. The highest BCUT2D eigenvalue weighted by Gasteiger charge is 2.21. The zero-order chi connectivity index (χ0) is 21.0. The standard InChI is InChI=1S/C23H40N6O/c1-3-24-23(25-10-7-11-27-16-18-30-19-17-27)26-20-21(2)28-12-14-29(15-13-28)22-8-5-4-6-9-22/h4-6,8-9,21H,3,7,10-20H2,1-2H3,(H2,24,25,26). The van der Waals surface area contributed by atoms with Crippen LogP contribution in [0.15, 0.2) is 35.3 Å². The van der Waals surface area contributed by atoms with E-state index in [1.807, 2.05) is 0 Å². The van der Waals surface area contributed by atoms with Crippen molar-refractivity contribution in [2.45, 2.75) is 26.3 Å². The first-order chi connectivity index (χ1) is 14.8. The van der Waals surface area contributed by atoms with E-state index in [-0.39, 0.29) is 0 Å². The van der Waals surface area contributed by atoms with Gasteiger partial charge in [0, 0.05) is 64.1 Å². The van der Waals surface area contributed by atoms with Crippen molar-refractivity contribution in [3.05, 3.63) is 30.3 Å². The Kier molecular flexibility index (Phi) is 9.73. The third-order valence-corrected chi connectivity index (χ3v) is 5.96. The van der Waals surface area contributed by atoms with Gasteiger partial charge in [-0.25, -0.2) is 0 Å². The summed E-state index contributed by atoms with van der Waals surface area (Å²) in [5.74, 6) is 0.939. The molecule has 168 valence electrons. The van der Waals surface area contributed by atoms with E-state index in [9.17, 15) is 0 Å². The molecule has 2 N–H and O–H groups in total. The second-order valence-corrected chi connectivity index (χ2v) is 8.16. The van der Waals surface area contributed by atoms with Crippen LogP contribution in [-0.2, 0) is 4.74 Å². The molecular weight excluding hydrogens is 376 g/mol. The van der Waals surface area contributed by atoms with Gasteiger partial charge in [0.1, 0.15) is 0 Å². The smallest absolute Gasteiger partial charge is 0.191 e. The zero-order valence-electron chi connectivity index (χ0n) is 18.9. The van der Waals surface area contributed by atoms with E-state index in [0.29, 0.717) is 6.04 Å². The lowest BCUT2D eigenvalue weighted by Crippen LogP contribution is -2.50. The van der Waals surface area contributed by atoms with Gasteiger partial charge in [-0.15, -0.1) is 0 Å².